The third kappa shape index (κ3) is 5.74. The van der Waals surface area contributed by atoms with Gasteiger partial charge < -0.3 is 19.6 Å². The minimum Gasteiger partial charge on any atom is -0.372 e. The molecule has 2 saturated heterocycles. The number of likely N-dealkylation sites (N-methyl/N-ethyl adjacent to an activating group) is 1. The van der Waals surface area contributed by atoms with Crippen LogP contribution in [-0.2, 0) is 0 Å². The van der Waals surface area contributed by atoms with Gasteiger partial charge in [0.25, 0.3) is 0 Å². The molecule has 0 N–H and O–H groups in total. The Balaban J connectivity index is 1.17. The SMILES string of the molecule is CN1C2=C(CCC(c3c4cc(N5CCCCC5)ccc4c(-c4ccc5c(c4)N(C)c4ccccc4S5)c4cc(N5CCCCC5)ccc34)=C2)Sc2ccccc21. The molecule has 280 valence electrons. The number of benzene rings is 6. The maximum absolute atomic E-state index is 2.64. The van der Waals surface area contributed by atoms with Gasteiger partial charge in [0.2, 0.25) is 0 Å². The number of hydrogen-bond donors (Lipinski definition) is 0. The maximum Gasteiger partial charge on any atom is 0.0556 e. The average Bonchev–Trinajstić information content (AvgIpc) is 3.26. The third-order valence-electron chi connectivity index (χ3n) is 12.9. The van der Waals surface area contributed by atoms with Crippen LogP contribution in [0.15, 0.2) is 134 Å². The summed E-state index contributed by atoms with van der Waals surface area (Å²) < 4.78 is 0. The van der Waals surface area contributed by atoms with E-state index in [9.17, 15) is 0 Å². The van der Waals surface area contributed by atoms with E-state index in [1.165, 1.54) is 136 Å². The lowest BCUT2D eigenvalue weighted by molar-refractivity contribution is 0.578. The van der Waals surface area contributed by atoms with Crippen molar-refractivity contribution in [2.75, 3.05) is 59.9 Å². The predicted molar refractivity (Wildman–Crippen MR) is 243 cm³/mol. The van der Waals surface area contributed by atoms with Crippen LogP contribution in [0, 0.1) is 0 Å². The number of thioether (sulfide) groups is 1. The summed E-state index contributed by atoms with van der Waals surface area (Å²) in [6, 6.07) is 39.9. The first-order valence-corrected chi connectivity index (χ1v) is 22.4. The molecule has 4 nitrogen and oxygen atoms in total. The van der Waals surface area contributed by atoms with E-state index in [1.807, 2.05) is 23.5 Å². The fourth-order valence-electron chi connectivity index (χ4n) is 10.0. The fraction of sp³-hybridized carbons (Fsp3) is 0.280. The van der Waals surface area contributed by atoms with Crippen molar-refractivity contribution in [3.8, 4) is 11.1 Å². The van der Waals surface area contributed by atoms with E-state index in [-0.39, 0.29) is 0 Å². The summed E-state index contributed by atoms with van der Waals surface area (Å²) in [5.41, 5.74) is 13.5. The number of anilines is 5. The molecule has 4 aliphatic heterocycles. The zero-order valence-corrected chi connectivity index (χ0v) is 34.1. The number of piperidine rings is 2. The minimum absolute atomic E-state index is 1.04. The van der Waals surface area contributed by atoms with Gasteiger partial charge in [0.15, 0.2) is 0 Å². The molecule has 0 atom stereocenters. The molecule has 0 saturated carbocycles. The van der Waals surface area contributed by atoms with Crippen molar-refractivity contribution >= 4 is 79.1 Å². The Morgan fingerprint density at radius 3 is 1.71 bits per heavy atom. The molecule has 2 fully saturated rings. The van der Waals surface area contributed by atoms with Crippen molar-refractivity contribution in [3.05, 3.63) is 125 Å². The Hall–Kier alpha value is -4.78. The van der Waals surface area contributed by atoms with Crippen LogP contribution in [0.5, 0.6) is 0 Å². The summed E-state index contributed by atoms with van der Waals surface area (Å²) in [5.74, 6) is 0. The van der Waals surface area contributed by atoms with Crippen LogP contribution in [0.4, 0.5) is 28.4 Å². The van der Waals surface area contributed by atoms with Gasteiger partial charge in [-0.1, -0.05) is 66.0 Å². The number of fused-ring (bicyclic) bond motifs is 5. The molecule has 0 bridgehead atoms. The Morgan fingerprint density at radius 1 is 0.464 bits per heavy atom. The molecule has 0 radical (unpaired) electrons. The van der Waals surface area contributed by atoms with Gasteiger partial charge >= 0.3 is 0 Å². The zero-order chi connectivity index (χ0) is 37.3. The summed E-state index contributed by atoms with van der Waals surface area (Å²) in [5, 5.41) is 5.48. The van der Waals surface area contributed by atoms with Crippen LogP contribution in [0.3, 0.4) is 0 Å². The van der Waals surface area contributed by atoms with E-state index >= 15 is 0 Å². The van der Waals surface area contributed by atoms with Gasteiger partial charge in [-0.25, -0.2) is 0 Å². The highest BCUT2D eigenvalue weighted by atomic mass is 32.2. The van der Waals surface area contributed by atoms with Crippen LogP contribution in [-0.4, -0.2) is 40.3 Å². The highest BCUT2D eigenvalue weighted by Crippen LogP contribution is 2.53. The topological polar surface area (TPSA) is 13.0 Å². The Labute approximate surface area is 339 Å². The largest absolute Gasteiger partial charge is 0.372 e. The van der Waals surface area contributed by atoms with Crippen molar-refractivity contribution in [1.29, 1.82) is 0 Å². The first-order chi connectivity index (χ1) is 27.6. The molecule has 0 unspecified atom stereocenters. The van der Waals surface area contributed by atoms with Gasteiger partial charge in [-0.15, -0.1) is 0 Å². The molecule has 0 aromatic heterocycles. The van der Waals surface area contributed by atoms with Crippen molar-refractivity contribution in [3.63, 3.8) is 0 Å². The van der Waals surface area contributed by atoms with Crippen LogP contribution in [0.2, 0.25) is 0 Å². The lowest BCUT2D eigenvalue weighted by Crippen LogP contribution is -2.29. The third-order valence-corrected chi connectivity index (χ3v) is 15.3. The molecule has 6 aromatic carbocycles. The van der Waals surface area contributed by atoms with Gasteiger partial charge in [0, 0.05) is 71.2 Å². The second-order valence-electron chi connectivity index (χ2n) is 16.2. The molecule has 0 amide bonds. The number of allylic oxidation sites excluding steroid dienone is 3. The fourth-order valence-corrected chi connectivity index (χ4v) is 12.4. The highest BCUT2D eigenvalue weighted by molar-refractivity contribution is 8.03. The second-order valence-corrected chi connectivity index (χ2v) is 18.4. The first-order valence-electron chi connectivity index (χ1n) is 20.7. The zero-order valence-electron chi connectivity index (χ0n) is 32.5. The number of nitrogens with zero attached hydrogens (tertiary/aromatic N) is 4. The van der Waals surface area contributed by atoms with Crippen molar-refractivity contribution in [2.24, 2.45) is 0 Å². The summed E-state index contributed by atoms with van der Waals surface area (Å²) in [7, 11) is 4.49. The minimum atomic E-state index is 1.04. The van der Waals surface area contributed by atoms with Crippen LogP contribution in [0.1, 0.15) is 56.9 Å². The highest BCUT2D eigenvalue weighted by Gasteiger charge is 2.29. The predicted octanol–water partition coefficient (Wildman–Crippen LogP) is 13.5. The lowest BCUT2D eigenvalue weighted by atomic mass is 9.83. The van der Waals surface area contributed by atoms with Crippen molar-refractivity contribution in [2.45, 2.75) is 66.1 Å². The Kier molecular flexibility index (Phi) is 8.62. The number of rotatable bonds is 4. The molecular weight excluding hydrogens is 721 g/mol. The normalized spacial score (nSPS) is 18.1. The average molecular weight is 769 g/mol. The Bertz CT molecular complexity index is 2610. The number of para-hydroxylation sites is 2. The van der Waals surface area contributed by atoms with Crippen molar-refractivity contribution in [1.82, 2.24) is 0 Å². The van der Waals surface area contributed by atoms with E-state index < -0.39 is 0 Å². The van der Waals surface area contributed by atoms with Gasteiger partial charge in [-0.3, -0.25) is 0 Å². The van der Waals surface area contributed by atoms with E-state index in [0.717, 1.165) is 39.0 Å². The summed E-state index contributed by atoms with van der Waals surface area (Å²) in [4.78, 5) is 15.6. The summed E-state index contributed by atoms with van der Waals surface area (Å²) >= 11 is 3.86. The van der Waals surface area contributed by atoms with Crippen molar-refractivity contribution < 1.29 is 0 Å². The molecule has 6 heteroatoms. The molecule has 1 aliphatic carbocycles. The van der Waals surface area contributed by atoms with Gasteiger partial charge in [0.05, 0.1) is 22.8 Å². The monoisotopic (exact) mass is 768 g/mol. The standard InChI is InChI=1S/C50H48N4S2/c1-51-41-13-5-7-15-45(41)55-47-23-17-33(29-43(47)51)49-37-21-19-36(54-27-11-4-12-28-54)32-40(37)50(38-22-20-35(31-39(38)49)53-25-9-3-10-26-53)34-18-24-48-44(30-34)52(2)42-14-6-8-16-46(42)56-48/h5-8,13-17,19-23,29-32H,3-4,9-12,18,24-28H2,1-2H3. The molecular formula is C50H48N4S2. The molecule has 5 aliphatic rings. The number of hydrogen-bond acceptors (Lipinski definition) is 6. The van der Waals surface area contributed by atoms with E-state index in [2.05, 4.69) is 143 Å². The molecule has 4 heterocycles. The maximum atomic E-state index is 2.64. The molecule has 11 rings (SSSR count). The second kappa shape index (κ2) is 14.0. The smallest absolute Gasteiger partial charge is 0.0556 e. The van der Waals surface area contributed by atoms with Gasteiger partial charge in [-0.05, 0) is 162 Å². The molecule has 0 spiro atoms. The van der Waals surface area contributed by atoms with Crippen LogP contribution < -0.4 is 19.6 Å². The Morgan fingerprint density at radius 2 is 1.04 bits per heavy atom. The van der Waals surface area contributed by atoms with Crippen LogP contribution >= 0.6 is 23.5 Å². The summed E-state index contributed by atoms with van der Waals surface area (Å²) in [6.07, 6.45) is 12.4. The van der Waals surface area contributed by atoms with Crippen LogP contribution in [0.25, 0.3) is 38.2 Å². The van der Waals surface area contributed by atoms with E-state index in [4.69, 9.17) is 0 Å². The molecule has 6 aromatic rings. The van der Waals surface area contributed by atoms with Gasteiger partial charge in [-0.2, -0.15) is 0 Å². The van der Waals surface area contributed by atoms with Gasteiger partial charge in [0.1, 0.15) is 0 Å². The summed E-state index contributed by atoms with van der Waals surface area (Å²) in [6.45, 7) is 4.54. The first kappa shape index (κ1) is 34.5. The van der Waals surface area contributed by atoms with E-state index in [1.54, 1.807) is 0 Å². The lowest BCUT2D eigenvalue weighted by Gasteiger charge is -2.34. The van der Waals surface area contributed by atoms with E-state index in [0.29, 0.717) is 0 Å². The molecule has 56 heavy (non-hydrogen) atoms. The quantitative estimate of drug-likeness (QED) is 0.165.